The first-order chi connectivity index (χ1) is 3.19. The van der Waals surface area contributed by atoms with Crippen molar-refractivity contribution < 1.29 is 0 Å². The zero-order valence-electron chi connectivity index (χ0n) is 4.87. The third-order valence-corrected chi connectivity index (χ3v) is 2.75. The second-order valence-electron chi connectivity index (χ2n) is 2.49. The molecule has 0 nitrogen and oxygen atoms in total. The van der Waals surface area contributed by atoms with Gasteiger partial charge in [0.25, 0.3) is 0 Å². The van der Waals surface area contributed by atoms with Crippen LogP contribution in [-0.4, -0.2) is 4.87 Å². The highest BCUT2D eigenvalue weighted by molar-refractivity contribution is 6.26. The quantitative estimate of drug-likeness (QED) is 0.484. The molecule has 2 unspecified atom stereocenters. The largest absolute Gasteiger partial charge is 0.119 e. The SMILES string of the molecule is C.CCC1(Cl)CC1C. The highest BCUT2D eigenvalue weighted by Gasteiger charge is 2.47. The fourth-order valence-corrected chi connectivity index (χ4v) is 1.17. The first-order valence-electron chi connectivity index (χ1n) is 2.88. The molecule has 1 aliphatic rings. The Morgan fingerprint density at radius 1 is 1.75 bits per heavy atom. The molecule has 1 fully saturated rings. The van der Waals surface area contributed by atoms with E-state index in [1.807, 2.05) is 0 Å². The minimum absolute atomic E-state index is 0. The molecule has 0 spiro atoms. The maximum atomic E-state index is 5.98. The molecule has 50 valence electrons. The van der Waals surface area contributed by atoms with E-state index in [2.05, 4.69) is 13.8 Å². The van der Waals surface area contributed by atoms with Crippen LogP contribution in [0.2, 0.25) is 0 Å². The van der Waals surface area contributed by atoms with E-state index in [1.165, 1.54) is 6.42 Å². The van der Waals surface area contributed by atoms with Crippen molar-refractivity contribution in [1.29, 1.82) is 0 Å². The van der Waals surface area contributed by atoms with Gasteiger partial charge in [0.05, 0.1) is 0 Å². The molecule has 1 aliphatic carbocycles. The van der Waals surface area contributed by atoms with Crippen molar-refractivity contribution in [1.82, 2.24) is 0 Å². The number of hydrogen-bond acceptors (Lipinski definition) is 0. The van der Waals surface area contributed by atoms with Crippen molar-refractivity contribution in [2.75, 3.05) is 0 Å². The molecule has 0 aromatic carbocycles. The van der Waals surface area contributed by atoms with Crippen molar-refractivity contribution in [3.8, 4) is 0 Å². The Balaban J connectivity index is 0.000000490. The van der Waals surface area contributed by atoms with E-state index >= 15 is 0 Å². The van der Waals surface area contributed by atoms with Crippen LogP contribution in [0.1, 0.15) is 34.1 Å². The molecule has 0 aliphatic heterocycles. The van der Waals surface area contributed by atoms with Crippen LogP contribution in [0.5, 0.6) is 0 Å². The zero-order chi connectivity index (χ0) is 5.49. The lowest BCUT2D eigenvalue weighted by atomic mass is 10.3. The first-order valence-corrected chi connectivity index (χ1v) is 3.26. The molecule has 1 heteroatoms. The van der Waals surface area contributed by atoms with E-state index in [0.29, 0.717) is 0 Å². The Bertz CT molecular complexity index is 76.5. The molecule has 0 N–H and O–H groups in total. The van der Waals surface area contributed by atoms with E-state index in [4.69, 9.17) is 11.6 Å². The highest BCUT2D eigenvalue weighted by atomic mass is 35.5. The summed E-state index contributed by atoms with van der Waals surface area (Å²) in [6, 6.07) is 0. The van der Waals surface area contributed by atoms with Crippen molar-refractivity contribution in [2.45, 2.75) is 39.0 Å². The Morgan fingerprint density at radius 3 is 2.12 bits per heavy atom. The van der Waals surface area contributed by atoms with Gasteiger partial charge in [0.2, 0.25) is 0 Å². The van der Waals surface area contributed by atoms with Gasteiger partial charge >= 0.3 is 0 Å². The monoisotopic (exact) mass is 134 g/mol. The average molecular weight is 135 g/mol. The topological polar surface area (TPSA) is 0 Å². The summed E-state index contributed by atoms with van der Waals surface area (Å²) in [4.78, 5) is 0.222. The number of halogens is 1. The predicted molar refractivity (Wildman–Crippen MR) is 39.4 cm³/mol. The molecule has 2 atom stereocenters. The van der Waals surface area contributed by atoms with Gasteiger partial charge < -0.3 is 0 Å². The minimum Gasteiger partial charge on any atom is -0.119 e. The molecule has 8 heavy (non-hydrogen) atoms. The summed E-state index contributed by atoms with van der Waals surface area (Å²) < 4.78 is 0. The molecule has 0 radical (unpaired) electrons. The molecule has 0 heterocycles. The molecule has 0 saturated heterocycles. The third kappa shape index (κ3) is 1.17. The van der Waals surface area contributed by atoms with Gasteiger partial charge in [0.15, 0.2) is 0 Å². The first kappa shape index (κ1) is 8.29. The lowest BCUT2D eigenvalue weighted by Gasteiger charge is -1.97. The Hall–Kier alpha value is 0.290. The van der Waals surface area contributed by atoms with Crippen LogP contribution in [-0.2, 0) is 0 Å². The Kier molecular flexibility index (Phi) is 2.34. The average Bonchev–Trinajstić information content (AvgIpc) is 2.18. The minimum atomic E-state index is 0. The van der Waals surface area contributed by atoms with E-state index in [-0.39, 0.29) is 12.3 Å². The van der Waals surface area contributed by atoms with E-state index in [0.717, 1.165) is 12.3 Å². The van der Waals surface area contributed by atoms with Crippen LogP contribution in [0.4, 0.5) is 0 Å². The molecular formula is C7H15Cl. The van der Waals surface area contributed by atoms with Gasteiger partial charge in [-0.3, -0.25) is 0 Å². The van der Waals surface area contributed by atoms with Crippen LogP contribution in [0.3, 0.4) is 0 Å². The van der Waals surface area contributed by atoms with Gasteiger partial charge in [-0.1, -0.05) is 21.3 Å². The molecule has 0 bridgehead atoms. The molecule has 0 aromatic heterocycles. The predicted octanol–water partition coefficient (Wildman–Crippen LogP) is 3.05. The number of hydrogen-bond donors (Lipinski definition) is 0. The van der Waals surface area contributed by atoms with E-state index < -0.39 is 0 Å². The van der Waals surface area contributed by atoms with E-state index in [1.54, 1.807) is 0 Å². The molecule has 1 rings (SSSR count). The highest BCUT2D eigenvalue weighted by Crippen LogP contribution is 2.51. The van der Waals surface area contributed by atoms with Crippen LogP contribution in [0.25, 0.3) is 0 Å². The Morgan fingerprint density at radius 2 is 2.12 bits per heavy atom. The molecule has 1 saturated carbocycles. The normalized spacial score (nSPS) is 43.1. The fourth-order valence-electron chi connectivity index (χ4n) is 0.943. The van der Waals surface area contributed by atoms with Crippen LogP contribution in [0, 0.1) is 5.92 Å². The fraction of sp³-hybridized carbons (Fsp3) is 1.00. The van der Waals surface area contributed by atoms with Crippen LogP contribution < -0.4 is 0 Å². The summed E-state index contributed by atoms with van der Waals surface area (Å²) in [5, 5.41) is 0. The van der Waals surface area contributed by atoms with Crippen molar-refractivity contribution in [3.63, 3.8) is 0 Å². The summed E-state index contributed by atoms with van der Waals surface area (Å²) in [5.41, 5.74) is 0. The summed E-state index contributed by atoms with van der Waals surface area (Å²) in [6.07, 6.45) is 2.36. The lowest BCUT2D eigenvalue weighted by Crippen LogP contribution is -1.95. The molecule has 0 aromatic rings. The standard InChI is InChI=1S/C6H11Cl.CH4/c1-3-6(7)4-5(6)2;/h5H,3-4H2,1-2H3;1H4. The summed E-state index contributed by atoms with van der Waals surface area (Å²) in [7, 11) is 0. The summed E-state index contributed by atoms with van der Waals surface area (Å²) >= 11 is 5.98. The number of alkyl halides is 1. The number of rotatable bonds is 1. The second kappa shape index (κ2) is 2.26. The van der Waals surface area contributed by atoms with Gasteiger partial charge in [-0.25, -0.2) is 0 Å². The van der Waals surface area contributed by atoms with Crippen LogP contribution in [0.15, 0.2) is 0 Å². The summed E-state index contributed by atoms with van der Waals surface area (Å²) in [5.74, 6) is 0.777. The molecule has 0 amide bonds. The van der Waals surface area contributed by atoms with Crippen LogP contribution >= 0.6 is 11.6 Å². The maximum absolute atomic E-state index is 5.98. The Labute approximate surface area is 57.2 Å². The molecular weight excluding hydrogens is 120 g/mol. The summed E-state index contributed by atoms with van der Waals surface area (Å²) in [6.45, 7) is 4.35. The lowest BCUT2D eigenvalue weighted by molar-refractivity contribution is 0.761. The van der Waals surface area contributed by atoms with Gasteiger partial charge in [-0.05, 0) is 18.8 Å². The van der Waals surface area contributed by atoms with E-state index in [9.17, 15) is 0 Å². The van der Waals surface area contributed by atoms with Gasteiger partial charge in [-0.15, -0.1) is 11.6 Å². The zero-order valence-corrected chi connectivity index (χ0v) is 5.63. The van der Waals surface area contributed by atoms with Crippen molar-refractivity contribution >= 4 is 11.6 Å². The second-order valence-corrected chi connectivity index (χ2v) is 3.25. The van der Waals surface area contributed by atoms with Crippen molar-refractivity contribution in [2.24, 2.45) is 5.92 Å². The van der Waals surface area contributed by atoms with Gasteiger partial charge in [-0.2, -0.15) is 0 Å². The maximum Gasteiger partial charge on any atom is 0.0473 e. The smallest absolute Gasteiger partial charge is 0.0473 e. The third-order valence-electron chi connectivity index (χ3n) is 1.96. The van der Waals surface area contributed by atoms with Crippen molar-refractivity contribution in [3.05, 3.63) is 0 Å². The van der Waals surface area contributed by atoms with Gasteiger partial charge in [0, 0.05) is 4.87 Å². The van der Waals surface area contributed by atoms with Gasteiger partial charge in [0.1, 0.15) is 0 Å².